The molecule has 2 aromatic heterocycles. The maximum Gasteiger partial charge on any atom is 0.267 e. The van der Waals surface area contributed by atoms with Gasteiger partial charge < -0.3 is 9.64 Å². The predicted octanol–water partition coefficient (Wildman–Crippen LogP) is 3.33. The van der Waals surface area contributed by atoms with E-state index in [-0.39, 0.29) is 11.5 Å². The van der Waals surface area contributed by atoms with Gasteiger partial charge in [0, 0.05) is 26.4 Å². The average Bonchev–Trinajstić information content (AvgIpc) is 3.00. The second-order valence-electron chi connectivity index (χ2n) is 8.72. The zero-order valence-electron chi connectivity index (χ0n) is 18.8. The van der Waals surface area contributed by atoms with Crippen molar-refractivity contribution in [1.29, 1.82) is 0 Å². The number of hydrogen-bond donors (Lipinski definition) is 0. The van der Waals surface area contributed by atoms with Crippen molar-refractivity contribution in [2.45, 2.75) is 27.2 Å². The Morgan fingerprint density at radius 2 is 2.00 bits per heavy atom. The number of thiocarbonyl (C=S) groups is 1. The quantitative estimate of drug-likeness (QED) is 0.488. The van der Waals surface area contributed by atoms with Crippen LogP contribution >= 0.6 is 24.0 Å². The number of methoxy groups -OCH3 is 1. The van der Waals surface area contributed by atoms with Crippen LogP contribution in [0.3, 0.4) is 0 Å². The summed E-state index contributed by atoms with van der Waals surface area (Å²) in [6, 6.07) is 3.79. The van der Waals surface area contributed by atoms with Crippen LogP contribution in [-0.2, 0) is 9.53 Å². The van der Waals surface area contributed by atoms with Crippen molar-refractivity contribution in [2.75, 3.05) is 38.3 Å². The Bertz CT molecular complexity index is 1150. The number of nitrogens with zero attached hydrogens (tertiary/aromatic N) is 4. The largest absolute Gasteiger partial charge is 0.383 e. The van der Waals surface area contributed by atoms with Gasteiger partial charge in [-0.2, -0.15) is 0 Å². The first-order valence-electron chi connectivity index (χ1n) is 10.8. The Morgan fingerprint density at radius 3 is 2.69 bits per heavy atom. The maximum atomic E-state index is 13.6. The number of aryl methyl sites for hydroxylation is 1. The van der Waals surface area contributed by atoms with Crippen LogP contribution < -0.4 is 10.5 Å². The lowest BCUT2D eigenvalue weighted by atomic mass is 9.91. The molecule has 7 nitrogen and oxygen atoms in total. The molecule has 4 heterocycles. The molecule has 2 fully saturated rings. The second kappa shape index (κ2) is 9.33. The lowest BCUT2D eigenvalue weighted by Gasteiger charge is -2.36. The van der Waals surface area contributed by atoms with E-state index in [0.717, 1.165) is 25.1 Å². The van der Waals surface area contributed by atoms with E-state index in [0.29, 0.717) is 51.2 Å². The average molecular weight is 473 g/mol. The number of rotatable bonds is 5. The summed E-state index contributed by atoms with van der Waals surface area (Å²) in [6.45, 7) is 8.84. The number of ether oxygens (including phenoxy) is 1. The number of carbonyl (C=O) groups excluding carboxylic acids is 1. The third-order valence-corrected chi connectivity index (χ3v) is 7.28. The molecule has 170 valence electrons. The topological polar surface area (TPSA) is 67.2 Å². The van der Waals surface area contributed by atoms with E-state index in [1.54, 1.807) is 23.8 Å². The molecule has 2 aliphatic rings. The van der Waals surface area contributed by atoms with Crippen molar-refractivity contribution in [3.05, 3.63) is 44.7 Å². The van der Waals surface area contributed by atoms with Crippen LogP contribution in [0.15, 0.2) is 28.0 Å². The fourth-order valence-electron chi connectivity index (χ4n) is 4.51. The van der Waals surface area contributed by atoms with Crippen LogP contribution in [0.2, 0.25) is 0 Å². The van der Waals surface area contributed by atoms with Crippen molar-refractivity contribution in [1.82, 2.24) is 14.3 Å². The molecule has 2 unspecified atom stereocenters. The summed E-state index contributed by atoms with van der Waals surface area (Å²) in [7, 11) is 1.59. The molecule has 4 rings (SSSR count). The number of piperidine rings is 1. The summed E-state index contributed by atoms with van der Waals surface area (Å²) in [6.07, 6.45) is 4.55. The number of aromatic nitrogens is 2. The number of carbonyl (C=O) groups is 1. The van der Waals surface area contributed by atoms with Gasteiger partial charge in [0.15, 0.2) is 0 Å². The first-order chi connectivity index (χ1) is 15.3. The number of fused-ring (bicyclic) bond motifs is 1. The lowest BCUT2D eigenvalue weighted by Crippen LogP contribution is -2.40. The van der Waals surface area contributed by atoms with Crippen molar-refractivity contribution in [3.8, 4) is 0 Å². The van der Waals surface area contributed by atoms with Crippen LogP contribution in [0.25, 0.3) is 11.7 Å². The summed E-state index contributed by atoms with van der Waals surface area (Å²) in [5.74, 6) is 1.44. The van der Waals surface area contributed by atoms with E-state index in [1.165, 1.54) is 16.7 Å². The summed E-state index contributed by atoms with van der Waals surface area (Å²) in [4.78, 5) is 35.7. The zero-order chi connectivity index (χ0) is 23.0. The Balaban J connectivity index is 1.85. The summed E-state index contributed by atoms with van der Waals surface area (Å²) >= 11 is 6.62. The van der Waals surface area contributed by atoms with Crippen molar-refractivity contribution < 1.29 is 9.53 Å². The van der Waals surface area contributed by atoms with Gasteiger partial charge in [-0.3, -0.25) is 18.9 Å². The number of hydrogen-bond acceptors (Lipinski definition) is 7. The SMILES string of the molecule is COCCN1C(=O)/C(=C/c2c(N3CC(C)CC(C)C3)nc3c(C)cccn3c2=O)SC1=S. The van der Waals surface area contributed by atoms with Crippen LogP contribution in [0.1, 0.15) is 31.4 Å². The Labute approximate surface area is 197 Å². The van der Waals surface area contributed by atoms with Gasteiger partial charge in [-0.15, -0.1) is 0 Å². The van der Waals surface area contributed by atoms with Gasteiger partial charge in [0.25, 0.3) is 11.5 Å². The minimum absolute atomic E-state index is 0.179. The molecule has 0 spiro atoms. The number of pyridine rings is 1. The van der Waals surface area contributed by atoms with E-state index >= 15 is 0 Å². The van der Waals surface area contributed by atoms with Gasteiger partial charge in [0.2, 0.25) is 0 Å². The molecule has 0 aliphatic carbocycles. The molecule has 9 heteroatoms. The molecule has 0 saturated carbocycles. The lowest BCUT2D eigenvalue weighted by molar-refractivity contribution is -0.122. The molecule has 32 heavy (non-hydrogen) atoms. The molecule has 1 amide bonds. The summed E-state index contributed by atoms with van der Waals surface area (Å²) in [5, 5.41) is 0. The first kappa shape index (κ1) is 22.9. The Hall–Kier alpha value is -2.23. The third-order valence-electron chi connectivity index (χ3n) is 5.90. The van der Waals surface area contributed by atoms with Gasteiger partial charge in [-0.25, -0.2) is 4.98 Å². The number of thioether (sulfide) groups is 1. The van der Waals surface area contributed by atoms with Crippen LogP contribution in [0.4, 0.5) is 5.82 Å². The highest BCUT2D eigenvalue weighted by Gasteiger charge is 2.33. The highest BCUT2D eigenvalue weighted by molar-refractivity contribution is 8.26. The Kier molecular flexibility index (Phi) is 6.69. The van der Waals surface area contributed by atoms with Crippen LogP contribution in [0.5, 0.6) is 0 Å². The fourth-order valence-corrected chi connectivity index (χ4v) is 5.80. The molecular weight excluding hydrogens is 444 g/mol. The second-order valence-corrected chi connectivity index (χ2v) is 10.4. The molecule has 0 aromatic carbocycles. The smallest absolute Gasteiger partial charge is 0.267 e. The molecular formula is C23H28N4O3S2. The highest BCUT2D eigenvalue weighted by Crippen LogP contribution is 2.34. The third kappa shape index (κ3) is 4.33. The minimum Gasteiger partial charge on any atom is -0.383 e. The minimum atomic E-state index is -0.197. The van der Waals surface area contributed by atoms with E-state index in [4.69, 9.17) is 21.9 Å². The van der Waals surface area contributed by atoms with E-state index in [1.807, 2.05) is 19.1 Å². The molecule has 0 bridgehead atoms. The van der Waals surface area contributed by atoms with Gasteiger partial charge in [0.1, 0.15) is 15.8 Å². The summed E-state index contributed by atoms with van der Waals surface area (Å²) in [5.41, 5.74) is 1.83. The predicted molar refractivity (Wildman–Crippen MR) is 133 cm³/mol. The fraction of sp³-hybridized carbons (Fsp3) is 0.478. The van der Waals surface area contributed by atoms with E-state index < -0.39 is 0 Å². The molecule has 0 N–H and O–H groups in total. The van der Waals surface area contributed by atoms with Gasteiger partial charge in [-0.1, -0.05) is 43.9 Å². The maximum absolute atomic E-state index is 13.6. The standard InChI is InChI=1S/C23H28N4O3S2/c1-14-10-15(2)13-25(12-14)20-17(21(28)26-7-5-6-16(3)19(26)24-20)11-18-22(29)27(8-9-30-4)23(31)32-18/h5-7,11,14-15H,8-10,12-13H2,1-4H3/b18-11-. The van der Waals surface area contributed by atoms with Gasteiger partial charge >= 0.3 is 0 Å². The molecule has 2 atom stereocenters. The normalized spacial score (nSPS) is 23.1. The van der Waals surface area contributed by atoms with Crippen LogP contribution in [-0.4, -0.2) is 57.9 Å². The number of amides is 1. The zero-order valence-corrected chi connectivity index (χ0v) is 20.5. The number of anilines is 1. The Morgan fingerprint density at radius 1 is 1.28 bits per heavy atom. The van der Waals surface area contributed by atoms with Crippen LogP contribution in [0, 0.1) is 18.8 Å². The molecule has 2 saturated heterocycles. The van der Waals surface area contributed by atoms with Crippen molar-refractivity contribution in [2.24, 2.45) is 11.8 Å². The van der Waals surface area contributed by atoms with Gasteiger partial charge in [0.05, 0.1) is 23.6 Å². The van der Waals surface area contributed by atoms with Crippen molar-refractivity contribution >= 4 is 51.7 Å². The monoisotopic (exact) mass is 472 g/mol. The molecule has 2 aliphatic heterocycles. The first-order valence-corrected chi connectivity index (χ1v) is 12.0. The molecule has 0 radical (unpaired) electrons. The van der Waals surface area contributed by atoms with E-state index in [2.05, 4.69) is 18.7 Å². The van der Waals surface area contributed by atoms with E-state index in [9.17, 15) is 9.59 Å². The summed E-state index contributed by atoms with van der Waals surface area (Å²) < 4.78 is 7.14. The van der Waals surface area contributed by atoms with Gasteiger partial charge in [-0.05, 0) is 42.9 Å². The van der Waals surface area contributed by atoms with Crippen molar-refractivity contribution in [3.63, 3.8) is 0 Å². The molecule has 2 aromatic rings. The highest BCUT2D eigenvalue weighted by atomic mass is 32.2.